The first-order valence-electron chi connectivity index (χ1n) is 15.1. The molecule has 8 nitrogen and oxygen atoms in total. The number of allylic oxidation sites excluding steroid dienone is 3. The number of benzene rings is 3. The summed E-state index contributed by atoms with van der Waals surface area (Å²) in [4.78, 5) is 50.9. The van der Waals surface area contributed by atoms with Gasteiger partial charge in [-0.05, 0) is 99.2 Å². The van der Waals surface area contributed by atoms with Crippen molar-refractivity contribution in [3.63, 3.8) is 0 Å². The Kier molecular flexibility index (Phi) is 6.15. The van der Waals surface area contributed by atoms with Crippen LogP contribution in [-0.4, -0.2) is 31.5 Å². The van der Waals surface area contributed by atoms with Gasteiger partial charge in [0.25, 0.3) is 0 Å². The van der Waals surface area contributed by atoms with E-state index in [2.05, 4.69) is 9.97 Å². The summed E-state index contributed by atoms with van der Waals surface area (Å²) >= 11 is 0. The predicted octanol–water partition coefficient (Wildman–Crippen LogP) is 7.94. The van der Waals surface area contributed by atoms with E-state index in [4.69, 9.17) is 9.97 Å². The lowest BCUT2D eigenvalue weighted by atomic mass is 10.0. The smallest absolute Gasteiger partial charge is 0.197 e. The fourth-order valence-corrected chi connectivity index (χ4v) is 6.46. The summed E-state index contributed by atoms with van der Waals surface area (Å²) in [6.45, 7) is 7.81. The lowest BCUT2D eigenvalue weighted by molar-refractivity contribution is 0.0988. The van der Waals surface area contributed by atoms with Gasteiger partial charge in [0.2, 0.25) is 0 Å². The molecule has 2 aliphatic rings. The Morgan fingerprint density at radius 3 is 1.37 bits per heavy atom. The normalized spacial score (nSPS) is 14.0. The number of carbonyl (C=O) groups excluding carboxylic acids is 2. The molecule has 3 aromatic carbocycles. The van der Waals surface area contributed by atoms with Gasteiger partial charge in [-0.2, -0.15) is 0 Å². The van der Waals surface area contributed by atoms with Gasteiger partial charge in [0, 0.05) is 33.9 Å². The van der Waals surface area contributed by atoms with Crippen LogP contribution in [0.2, 0.25) is 0 Å². The van der Waals surface area contributed by atoms with Gasteiger partial charge in [-0.1, -0.05) is 36.4 Å². The van der Waals surface area contributed by atoms with Crippen LogP contribution >= 0.6 is 0 Å². The molecule has 0 radical (unpaired) electrons. The Bertz CT molecular complexity index is 2180. The van der Waals surface area contributed by atoms with E-state index in [0.29, 0.717) is 28.6 Å². The lowest BCUT2D eigenvalue weighted by Gasteiger charge is -2.25. The molecule has 0 atom stereocenters. The summed E-state index contributed by atoms with van der Waals surface area (Å²) in [5.74, 6) is 1.33. The number of aryl methyl sites for hydroxylation is 4. The van der Waals surface area contributed by atoms with Gasteiger partial charge < -0.3 is 0 Å². The molecule has 3 aromatic heterocycles. The average Bonchev–Trinajstić information content (AvgIpc) is 3.46. The van der Waals surface area contributed by atoms with Crippen molar-refractivity contribution in [2.45, 2.75) is 27.7 Å². The van der Waals surface area contributed by atoms with Crippen molar-refractivity contribution in [3.05, 3.63) is 142 Å². The molecule has 8 rings (SSSR count). The molecule has 0 unspecified atom stereocenters. The summed E-state index contributed by atoms with van der Waals surface area (Å²) in [6.07, 6.45) is 3.46. The number of carbonyl (C=O) groups is 2. The van der Waals surface area contributed by atoms with Crippen LogP contribution in [0.25, 0.3) is 21.8 Å². The fourth-order valence-electron chi connectivity index (χ4n) is 6.46. The Balaban J connectivity index is 1.38. The summed E-state index contributed by atoms with van der Waals surface area (Å²) in [5.41, 5.74) is 7.53. The van der Waals surface area contributed by atoms with Crippen LogP contribution in [0.3, 0.4) is 0 Å². The number of anilines is 4. The molecule has 0 saturated carbocycles. The number of fused-ring (bicyclic) bond motifs is 4. The van der Waals surface area contributed by atoms with E-state index < -0.39 is 0 Å². The second kappa shape index (κ2) is 10.3. The van der Waals surface area contributed by atoms with E-state index in [1.807, 2.05) is 128 Å². The van der Waals surface area contributed by atoms with Crippen LogP contribution in [0.1, 0.15) is 43.5 Å². The Morgan fingerprint density at radius 1 is 0.522 bits per heavy atom. The quantitative estimate of drug-likeness (QED) is 0.149. The fraction of sp³-hybridized carbons (Fsp3) is 0.105. The van der Waals surface area contributed by atoms with E-state index in [9.17, 15) is 9.59 Å². The maximum absolute atomic E-state index is 13.7. The van der Waals surface area contributed by atoms with Crippen LogP contribution in [0.5, 0.6) is 0 Å². The predicted molar refractivity (Wildman–Crippen MR) is 180 cm³/mol. The molecule has 4 heterocycles. The largest absolute Gasteiger partial charge is 0.288 e. The molecule has 1 aliphatic heterocycles. The van der Waals surface area contributed by atoms with Crippen LogP contribution in [0, 0.1) is 27.7 Å². The van der Waals surface area contributed by atoms with Crippen molar-refractivity contribution in [1.29, 1.82) is 0 Å². The molecule has 0 N–H and O–H groups in total. The van der Waals surface area contributed by atoms with Crippen LogP contribution in [0.4, 0.5) is 23.0 Å². The zero-order valence-electron chi connectivity index (χ0n) is 25.7. The highest BCUT2D eigenvalue weighted by molar-refractivity contribution is 6.40. The SMILES string of the molecule is Cc1cc(N2C(=CC=C3C(=O)c4cc5ccccc5cc4C3=O)N(c3cc(C)nc(C)c3)c3nc4ccccc4nc32)cc(C)n1. The number of nitrogens with zero attached hydrogens (tertiary/aromatic N) is 6. The third kappa shape index (κ3) is 4.37. The highest BCUT2D eigenvalue weighted by Gasteiger charge is 2.38. The van der Waals surface area contributed by atoms with Gasteiger partial charge in [-0.25, -0.2) is 9.97 Å². The van der Waals surface area contributed by atoms with Crippen LogP contribution in [0.15, 0.2) is 108 Å². The van der Waals surface area contributed by atoms with Crippen molar-refractivity contribution in [2.24, 2.45) is 0 Å². The number of hydrogen-bond acceptors (Lipinski definition) is 8. The van der Waals surface area contributed by atoms with Crippen LogP contribution in [-0.2, 0) is 0 Å². The Morgan fingerprint density at radius 2 is 0.935 bits per heavy atom. The first kappa shape index (κ1) is 27.5. The Labute approximate surface area is 265 Å². The maximum atomic E-state index is 13.7. The third-order valence-electron chi connectivity index (χ3n) is 8.33. The number of pyridine rings is 2. The molecule has 6 aromatic rings. The van der Waals surface area contributed by atoms with Gasteiger partial charge in [0.15, 0.2) is 23.2 Å². The molecule has 222 valence electrons. The molecular formula is C38H28N6O2. The average molecular weight is 601 g/mol. The summed E-state index contributed by atoms with van der Waals surface area (Å²) < 4.78 is 0. The van der Waals surface area contributed by atoms with E-state index in [0.717, 1.165) is 56.0 Å². The van der Waals surface area contributed by atoms with Gasteiger partial charge in [0.1, 0.15) is 5.82 Å². The molecular weight excluding hydrogens is 572 g/mol. The van der Waals surface area contributed by atoms with Crippen molar-refractivity contribution >= 4 is 56.4 Å². The van der Waals surface area contributed by atoms with Gasteiger partial charge in [-0.15, -0.1) is 0 Å². The number of para-hydroxylation sites is 2. The minimum Gasteiger partial charge on any atom is -0.288 e. The summed E-state index contributed by atoms with van der Waals surface area (Å²) in [7, 11) is 0. The zero-order chi connectivity index (χ0) is 31.7. The second-order valence-corrected chi connectivity index (χ2v) is 11.8. The first-order valence-corrected chi connectivity index (χ1v) is 15.1. The molecule has 0 fully saturated rings. The van der Waals surface area contributed by atoms with Crippen molar-refractivity contribution < 1.29 is 9.59 Å². The summed E-state index contributed by atoms with van der Waals surface area (Å²) in [5, 5.41) is 1.84. The molecule has 0 bridgehead atoms. The number of rotatable bonds is 3. The van der Waals surface area contributed by atoms with E-state index in [1.54, 1.807) is 6.08 Å². The van der Waals surface area contributed by atoms with Crippen molar-refractivity contribution in [2.75, 3.05) is 9.80 Å². The maximum Gasteiger partial charge on any atom is 0.197 e. The minimum atomic E-state index is -0.288. The monoisotopic (exact) mass is 600 g/mol. The van der Waals surface area contributed by atoms with Crippen LogP contribution < -0.4 is 9.80 Å². The highest BCUT2D eigenvalue weighted by Crippen LogP contribution is 2.48. The topological polar surface area (TPSA) is 92.2 Å². The number of hydrogen-bond donors (Lipinski definition) is 0. The van der Waals surface area contributed by atoms with Crippen molar-refractivity contribution in [1.82, 2.24) is 19.9 Å². The number of aromatic nitrogens is 4. The number of ketones is 2. The van der Waals surface area contributed by atoms with Gasteiger partial charge in [-0.3, -0.25) is 29.4 Å². The van der Waals surface area contributed by atoms with E-state index in [1.165, 1.54) is 0 Å². The lowest BCUT2D eigenvalue weighted by Crippen LogP contribution is -2.22. The second-order valence-electron chi connectivity index (χ2n) is 11.8. The molecule has 8 heteroatoms. The zero-order valence-corrected chi connectivity index (χ0v) is 25.7. The molecule has 0 spiro atoms. The highest BCUT2D eigenvalue weighted by atomic mass is 16.2. The standard InChI is InChI=1S/C38H28N6O2/c1-21-15-27(16-22(2)39-21)43-34(14-13-29-35(45)30-19-25-9-5-6-10-26(25)20-31(30)36(29)46)44(28-17-23(3)40-24(4)18-28)38-37(43)41-32-11-7-8-12-33(32)42-38/h5-20H,1-4H3. The Hall–Kier alpha value is -6.02. The molecule has 0 saturated heterocycles. The molecule has 0 amide bonds. The van der Waals surface area contributed by atoms with Crippen molar-refractivity contribution in [3.8, 4) is 0 Å². The minimum absolute atomic E-state index is 0.115. The van der Waals surface area contributed by atoms with E-state index in [-0.39, 0.29) is 17.1 Å². The van der Waals surface area contributed by atoms with Gasteiger partial charge >= 0.3 is 0 Å². The van der Waals surface area contributed by atoms with Gasteiger partial charge in [0.05, 0.1) is 28.0 Å². The molecule has 46 heavy (non-hydrogen) atoms. The summed E-state index contributed by atoms with van der Waals surface area (Å²) in [6, 6.07) is 27.1. The molecule has 1 aliphatic carbocycles. The van der Waals surface area contributed by atoms with E-state index >= 15 is 0 Å². The first-order chi connectivity index (χ1) is 22.2. The number of Topliss-reactive ketones (excluding diaryl/α,β-unsaturated/α-hetero) is 2. The third-order valence-corrected chi connectivity index (χ3v) is 8.33.